The molecule has 0 saturated carbocycles. The van der Waals surface area contributed by atoms with E-state index < -0.39 is 5.97 Å². The maximum absolute atomic E-state index is 11.7. The number of rotatable bonds is 6. The fraction of sp³-hybridized carbons (Fsp3) is 0.500. The zero-order valence-electron chi connectivity index (χ0n) is 12.6. The standard InChI is InChI=1S/C16H22O4/c1-11(2)10-19-15(17)8-9-16(18)20-14-7-5-6-12(3)13(14)4/h5-7,11H,8-10H2,1-4H3. The molecule has 4 heteroatoms. The zero-order chi connectivity index (χ0) is 15.1. The lowest BCUT2D eigenvalue weighted by molar-refractivity contribution is -0.147. The van der Waals surface area contributed by atoms with E-state index in [1.165, 1.54) is 0 Å². The first-order valence-electron chi connectivity index (χ1n) is 6.82. The Morgan fingerprint density at radius 2 is 1.75 bits per heavy atom. The topological polar surface area (TPSA) is 52.6 Å². The summed E-state index contributed by atoms with van der Waals surface area (Å²) in [6, 6.07) is 5.54. The summed E-state index contributed by atoms with van der Waals surface area (Å²) >= 11 is 0. The van der Waals surface area contributed by atoms with E-state index in [2.05, 4.69) is 0 Å². The quantitative estimate of drug-likeness (QED) is 0.592. The molecule has 4 nitrogen and oxygen atoms in total. The lowest BCUT2D eigenvalue weighted by Gasteiger charge is -2.09. The van der Waals surface area contributed by atoms with Gasteiger partial charge in [0.05, 0.1) is 19.4 Å². The summed E-state index contributed by atoms with van der Waals surface area (Å²) in [6.07, 6.45) is 0.0841. The van der Waals surface area contributed by atoms with E-state index in [1.807, 2.05) is 39.8 Å². The molecule has 0 aliphatic rings. The predicted molar refractivity (Wildman–Crippen MR) is 76.6 cm³/mol. The molecule has 0 spiro atoms. The van der Waals surface area contributed by atoms with Crippen molar-refractivity contribution in [3.63, 3.8) is 0 Å². The van der Waals surface area contributed by atoms with Gasteiger partial charge in [-0.15, -0.1) is 0 Å². The van der Waals surface area contributed by atoms with Crippen molar-refractivity contribution in [3.05, 3.63) is 29.3 Å². The number of benzene rings is 1. The van der Waals surface area contributed by atoms with Crippen molar-refractivity contribution in [2.45, 2.75) is 40.5 Å². The summed E-state index contributed by atoms with van der Waals surface area (Å²) in [5, 5.41) is 0. The van der Waals surface area contributed by atoms with E-state index in [1.54, 1.807) is 6.07 Å². The van der Waals surface area contributed by atoms with Gasteiger partial charge in [-0.25, -0.2) is 0 Å². The number of hydrogen-bond acceptors (Lipinski definition) is 4. The molecule has 20 heavy (non-hydrogen) atoms. The summed E-state index contributed by atoms with van der Waals surface area (Å²) in [5.41, 5.74) is 2.00. The van der Waals surface area contributed by atoms with Crippen LogP contribution in [0.1, 0.15) is 37.8 Å². The predicted octanol–water partition coefficient (Wildman–Crippen LogP) is 3.19. The second-order valence-electron chi connectivity index (χ2n) is 5.25. The summed E-state index contributed by atoms with van der Waals surface area (Å²) in [6.45, 7) is 8.15. The highest BCUT2D eigenvalue weighted by Gasteiger charge is 2.12. The van der Waals surface area contributed by atoms with Gasteiger partial charge in [0.15, 0.2) is 0 Å². The Morgan fingerprint density at radius 1 is 1.10 bits per heavy atom. The van der Waals surface area contributed by atoms with Gasteiger partial charge in [0.2, 0.25) is 0 Å². The smallest absolute Gasteiger partial charge is 0.311 e. The molecule has 0 radical (unpaired) electrons. The van der Waals surface area contributed by atoms with Crippen molar-refractivity contribution in [2.75, 3.05) is 6.61 Å². The molecule has 0 heterocycles. The number of carbonyl (C=O) groups is 2. The minimum Gasteiger partial charge on any atom is -0.465 e. The Balaban J connectivity index is 2.40. The van der Waals surface area contributed by atoms with Crippen LogP contribution in [0.5, 0.6) is 5.75 Å². The Bertz CT molecular complexity index is 477. The maximum Gasteiger partial charge on any atom is 0.311 e. The minimum absolute atomic E-state index is 0.0321. The van der Waals surface area contributed by atoms with Crippen LogP contribution in [0.2, 0.25) is 0 Å². The van der Waals surface area contributed by atoms with Crippen LogP contribution < -0.4 is 4.74 Å². The Labute approximate surface area is 120 Å². The molecule has 0 unspecified atom stereocenters. The minimum atomic E-state index is -0.416. The van der Waals surface area contributed by atoms with E-state index in [9.17, 15) is 9.59 Å². The summed E-state index contributed by atoms with van der Waals surface area (Å²) in [4.78, 5) is 23.1. The third-order valence-corrected chi connectivity index (χ3v) is 2.89. The summed E-state index contributed by atoms with van der Waals surface area (Å²) in [5.74, 6) is 0.0585. The molecule has 0 aromatic heterocycles. The van der Waals surface area contributed by atoms with Gasteiger partial charge in [-0.3, -0.25) is 9.59 Å². The van der Waals surface area contributed by atoms with Crippen molar-refractivity contribution in [3.8, 4) is 5.75 Å². The van der Waals surface area contributed by atoms with Gasteiger partial charge >= 0.3 is 11.9 Å². The average molecular weight is 278 g/mol. The van der Waals surface area contributed by atoms with Crippen molar-refractivity contribution < 1.29 is 19.1 Å². The Kier molecular flexibility index (Phi) is 6.22. The summed E-state index contributed by atoms with van der Waals surface area (Å²) in [7, 11) is 0. The molecule has 0 atom stereocenters. The van der Waals surface area contributed by atoms with E-state index in [4.69, 9.17) is 9.47 Å². The fourth-order valence-corrected chi connectivity index (χ4v) is 1.54. The Hall–Kier alpha value is -1.84. The van der Waals surface area contributed by atoms with Crippen LogP contribution in [0, 0.1) is 19.8 Å². The highest BCUT2D eigenvalue weighted by molar-refractivity contribution is 5.79. The van der Waals surface area contributed by atoms with E-state index in [0.29, 0.717) is 18.3 Å². The van der Waals surface area contributed by atoms with E-state index >= 15 is 0 Å². The molecule has 0 aliphatic carbocycles. The van der Waals surface area contributed by atoms with Crippen molar-refractivity contribution in [1.82, 2.24) is 0 Å². The monoisotopic (exact) mass is 278 g/mol. The van der Waals surface area contributed by atoms with Crippen LogP contribution in [-0.2, 0) is 14.3 Å². The molecule has 0 N–H and O–H groups in total. The molecule has 0 amide bonds. The average Bonchev–Trinajstić information content (AvgIpc) is 2.39. The number of aryl methyl sites for hydroxylation is 1. The first-order valence-corrected chi connectivity index (χ1v) is 6.82. The van der Waals surface area contributed by atoms with Gasteiger partial charge in [0.1, 0.15) is 5.75 Å². The third-order valence-electron chi connectivity index (χ3n) is 2.89. The molecule has 1 aromatic carbocycles. The number of ether oxygens (including phenoxy) is 2. The highest BCUT2D eigenvalue weighted by atomic mass is 16.5. The van der Waals surface area contributed by atoms with Crippen LogP contribution >= 0.6 is 0 Å². The van der Waals surface area contributed by atoms with Gasteiger partial charge < -0.3 is 9.47 Å². The van der Waals surface area contributed by atoms with Gasteiger partial charge in [-0.1, -0.05) is 26.0 Å². The molecule has 0 saturated heterocycles. The lowest BCUT2D eigenvalue weighted by atomic mass is 10.1. The maximum atomic E-state index is 11.7. The Morgan fingerprint density at radius 3 is 2.40 bits per heavy atom. The third kappa shape index (κ3) is 5.43. The van der Waals surface area contributed by atoms with E-state index in [0.717, 1.165) is 11.1 Å². The van der Waals surface area contributed by atoms with Gasteiger partial charge in [-0.05, 0) is 37.0 Å². The molecule has 0 bridgehead atoms. The van der Waals surface area contributed by atoms with Crippen LogP contribution in [0.3, 0.4) is 0 Å². The number of hydrogen-bond donors (Lipinski definition) is 0. The first kappa shape index (κ1) is 16.2. The highest BCUT2D eigenvalue weighted by Crippen LogP contribution is 2.21. The molecular weight excluding hydrogens is 256 g/mol. The zero-order valence-corrected chi connectivity index (χ0v) is 12.6. The van der Waals surface area contributed by atoms with Crippen molar-refractivity contribution >= 4 is 11.9 Å². The molecule has 1 aromatic rings. The van der Waals surface area contributed by atoms with Gasteiger partial charge in [0.25, 0.3) is 0 Å². The van der Waals surface area contributed by atoms with Crippen LogP contribution in [-0.4, -0.2) is 18.5 Å². The number of carbonyl (C=O) groups excluding carboxylic acids is 2. The van der Waals surface area contributed by atoms with Gasteiger partial charge in [-0.2, -0.15) is 0 Å². The van der Waals surface area contributed by atoms with Crippen LogP contribution in [0.4, 0.5) is 0 Å². The van der Waals surface area contributed by atoms with Crippen LogP contribution in [0.25, 0.3) is 0 Å². The lowest BCUT2D eigenvalue weighted by Crippen LogP contribution is -2.14. The number of esters is 2. The summed E-state index contributed by atoms with van der Waals surface area (Å²) < 4.78 is 10.3. The molecule has 1 rings (SSSR count). The normalized spacial score (nSPS) is 10.4. The first-order chi connectivity index (χ1) is 9.40. The molecule has 110 valence electrons. The van der Waals surface area contributed by atoms with Crippen LogP contribution in [0.15, 0.2) is 18.2 Å². The largest absolute Gasteiger partial charge is 0.465 e. The molecular formula is C16H22O4. The van der Waals surface area contributed by atoms with Gasteiger partial charge in [0, 0.05) is 0 Å². The second-order valence-corrected chi connectivity index (χ2v) is 5.25. The molecule has 0 fully saturated rings. The SMILES string of the molecule is Cc1cccc(OC(=O)CCC(=O)OCC(C)C)c1C. The van der Waals surface area contributed by atoms with E-state index in [-0.39, 0.29) is 18.8 Å². The van der Waals surface area contributed by atoms with Crippen molar-refractivity contribution in [2.24, 2.45) is 5.92 Å². The second kappa shape index (κ2) is 7.68. The molecule has 0 aliphatic heterocycles. The van der Waals surface area contributed by atoms with Crippen molar-refractivity contribution in [1.29, 1.82) is 0 Å². The fourth-order valence-electron chi connectivity index (χ4n) is 1.54.